The number of aryl methyl sites for hydroxylation is 1. The van der Waals surface area contributed by atoms with Crippen LogP contribution in [0, 0.1) is 12.8 Å². The van der Waals surface area contributed by atoms with Crippen molar-refractivity contribution in [1.29, 1.82) is 0 Å². The lowest BCUT2D eigenvalue weighted by Gasteiger charge is -2.30. The number of piperidine rings is 1. The third kappa shape index (κ3) is 4.13. The number of hydrogen-bond acceptors (Lipinski definition) is 3. The number of aliphatic carboxylic acids is 1. The van der Waals surface area contributed by atoms with E-state index >= 15 is 0 Å². The Labute approximate surface area is 130 Å². The van der Waals surface area contributed by atoms with Crippen LogP contribution in [-0.4, -0.2) is 42.2 Å². The first-order valence-electron chi connectivity index (χ1n) is 7.39. The number of carboxylic acid groups (broad SMARTS) is 1. The zero-order valence-corrected chi connectivity index (χ0v) is 13.0. The summed E-state index contributed by atoms with van der Waals surface area (Å²) in [6.07, 6.45) is 1.36. The summed E-state index contributed by atoms with van der Waals surface area (Å²) >= 11 is 0. The minimum Gasteiger partial charge on any atom is -0.497 e. The van der Waals surface area contributed by atoms with E-state index in [4.69, 9.17) is 9.84 Å². The molecule has 1 heterocycles. The van der Waals surface area contributed by atoms with Crippen LogP contribution in [0.4, 0.5) is 4.79 Å². The molecule has 2 N–H and O–H groups in total. The zero-order chi connectivity index (χ0) is 16.1. The molecule has 6 nitrogen and oxygen atoms in total. The maximum atomic E-state index is 12.2. The highest BCUT2D eigenvalue weighted by atomic mass is 16.5. The number of amides is 2. The number of nitrogens with one attached hydrogen (secondary N) is 1. The monoisotopic (exact) mass is 306 g/mol. The van der Waals surface area contributed by atoms with Gasteiger partial charge in [0.05, 0.1) is 13.0 Å². The summed E-state index contributed by atoms with van der Waals surface area (Å²) in [6.45, 7) is 3.24. The molecule has 1 aromatic carbocycles. The average Bonchev–Trinajstić information content (AvgIpc) is 2.52. The van der Waals surface area contributed by atoms with Crippen LogP contribution >= 0.6 is 0 Å². The van der Waals surface area contributed by atoms with E-state index in [0.29, 0.717) is 19.5 Å². The third-order valence-corrected chi connectivity index (χ3v) is 3.85. The lowest BCUT2D eigenvalue weighted by Crippen LogP contribution is -2.46. The summed E-state index contributed by atoms with van der Waals surface area (Å²) in [5.41, 5.74) is 2.02. The van der Waals surface area contributed by atoms with Gasteiger partial charge < -0.3 is 20.1 Å². The van der Waals surface area contributed by atoms with E-state index in [1.165, 1.54) is 0 Å². The number of urea groups is 1. The Morgan fingerprint density at radius 2 is 2.18 bits per heavy atom. The van der Waals surface area contributed by atoms with Gasteiger partial charge in [-0.3, -0.25) is 4.79 Å². The predicted molar refractivity (Wildman–Crippen MR) is 81.9 cm³/mol. The van der Waals surface area contributed by atoms with Crippen LogP contribution in [0.2, 0.25) is 0 Å². The minimum atomic E-state index is -0.832. The van der Waals surface area contributed by atoms with Gasteiger partial charge in [0.25, 0.3) is 0 Å². The molecule has 22 heavy (non-hydrogen) atoms. The van der Waals surface area contributed by atoms with Gasteiger partial charge in [0.15, 0.2) is 0 Å². The van der Waals surface area contributed by atoms with Gasteiger partial charge in [-0.05, 0) is 43.0 Å². The molecule has 6 heteroatoms. The quantitative estimate of drug-likeness (QED) is 0.892. The van der Waals surface area contributed by atoms with Crippen molar-refractivity contribution >= 4 is 12.0 Å². The van der Waals surface area contributed by atoms with Crippen molar-refractivity contribution in [3.63, 3.8) is 0 Å². The highest BCUT2D eigenvalue weighted by molar-refractivity contribution is 5.76. The predicted octanol–water partition coefficient (Wildman–Crippen LogP) is 2.01. The van der Waals surface area contributed by atoms with Gasteiger partial charge in [-0.1, -0.05) is 6.07 Å². The summed E-state index contributed by atoms with van der Waals surface area (Å²) in [7, 11) is 1.61. The van der Waals surface area contributed by atoms with Crippen molar-refractivity contribution in [3.8, 4) is 5.75 Å². The van der Waals surface area contributed by atoms with E-state index in [1.54, 1.807) is 12.0 Å². The van der Waals surface area contributed by atoms with Gasteiger partial charge in [-0.25, -0.2) is 4.79 Å². The van der Waals surface area contributed by atoms with Gasteiger partial charge in [-0.2, -0.15) is 0 Å². The smallest absolute Gasteiger partial charge is 0.317 e. The maximum absolute atomic E-state index is 12.2. The van der Waals surface area contributed by atoms with Gasteiger partial charge in [0, 0.05) is 19.6 Å². The Balaban J connectivity index is 1.92. The van der Waals surface area contributed by atoms with E-state index in [9.17, 15) is 9.59 Å². The van der Waals surface area contributed by atoms with Crippen LogP contribution in [0.15, 0.2) is 18.2 Å². The van der Waals surface area contributed by atoms with E-state index in [0.717, 1.165) is 23.3 Å². The molecule has 1 saturated heterocycles. The Hall–Kier alpha value is -2.24. The second kappa shape index (κ2) is 7.15. The van der Waals surface area contributed by atoms with Crippen LogP contribution in [-0.2, 0) is 11.3 Å². The standard InChI is InChI=1S/C16H22N2O4/c1-11-6-12(8-14(7-11)22-2)9-17-16(21)18-5-3-4-13(10-18)15(19)20/h6-8,13H,3-5,9-10H2,1-2H3,(H,17,21)(H,19,20). The summed E-state index contributed by atoms with van der Waals surface area (Å²) in [5.74, 6) is -0.535. The van der Waals surface area contributed by atoms with Crippen LogP contribution in [0.25, 0.3) is 0 Å². The van der Waals surface area contributed by atoms with Crippen LogP contribution in [0.3, 0.4) is 0 Å². The molecule has 0 aromatic heterocycles. The fourth-order valence-corrected chi connectivity index (χ4v) is 2.70. The van der Waals surface area contributed by atoms with E-state index in [2.05, 4.69) is 5.32 Å². The van der Waals surface area contributed by atoms with Gasteiger partial charge >= 0.3 is 12.0 Å². The summed E-state index contributed by atoms with van der Waals surface area (Å²) in [6, 6.07) is 5.57. The Morgan fingerprint density at radius 3 is 2.86 bits per heavy atom. The number of rotatable bonds is 4. The Morgan fingerprint density at radius 1 is 1.41 bits per heavy atom. The molecule has 0 spiro atoms. The van der Waals surface area contributed by atoms with E-state index in [-0.39, 0.29) is 12.6 Å². The SMILES string of the molecule is COc1cc(C)cc(CNC(=O)N2CCCC(C(=O)O)C2)c1. The lowest BCUT2D eigenvalue weighted by atomic mass is 9.99. The first-order valence-corrected chi connectivity index (χ1v) is 7.39. The average molecular weight is 306 g/mol. The molecule has 2 amide bonds. The van der Waals surface area contributed by atoms with Gasteiger partial charge in [0.2, 0.25) is 0 Å². The number of nitrogens with zero attached hydrogens (tertiary/aromatic N) is 1. The first-order chi connectivity index (χ1) is 10.5. The van der Waals surface area contributed by atoms with Crippen molar-refractivity contribution < 1.29 is 19.4 Å². The first kappa shape index (κ1) is 16.1. The highest BCUT2D eigenvalue weighted by Crippen LogP contribution is 2.18. The number of carbonyl (C=O) groups excluding carboxylic acids is 1. The summed E-state index contributed by atoms with van der Waals surface area (Å²) in [5, 5.41) is 11.9. The second-order valence-corrected chi connectivity index (χ2v) is 5.64. The molecular formula is C16H22N2O4. The number of benzene rings is 1. The number of carboxylic acids is 1. The fraction of sp³-hybridized carbons (Fsp3) is 0.500. The normalized spacial score (nSPS) is 17.9. The largest absolute Gasteiger partial charge is 0.497 e. The molecule has 1 aromatic rings. The number of likely N-dealkylation sites (tertiary alicyclic amines) is 1. The van der Waals surface area contributed by atoms with Gasteiger partial charge in [0.1, 0.15) is 5.75 Å². The minimum absolute atomic E-state index is 0.216. The van der Waals surface area contributed by atoms with Crippen LogP contribution < -0.4 is 10.1 Å². The highest BCUT2D eigenvalue weighted by Gasteiger charge is 2.27. The molecule has 0 saturated carbocycles. The van der Waals surface area contributed by atoms with Crippen molar-refractivity contribution in [2.45, 2.75) is 26.3 Å². The molecule has 120 valence electrons. The Bertz CT molecular complexity index is 559. The molecule has 1 unspecified atom stereocenters. The number of ether oxygens (including phenoxy) is 1. The molecule has 1 aliphatic heterocycles. The Kier molecular flexibility index (Phi) is 5.25. The molecule has 2 rings (SSSR count). The number of methoxy groups -OCH3 is 1. The molecule has 1 fully saturated rings. The molecule has 0 bridgehead atoms. The molecule has 0 aliphatic carbocycles. The third-order valence-electron chi connectivity index (χ3n) is 3.85. The molecule has 1 aliphatic rings. The molecular weight excluding hydrogens is 284 g/mol. The van der Waals surface area contributed by atoms with E-state index in [1.807, 2.05) is 25.1 Å². The van der Waals surface area contributed by atoms with Crippen molar-refractivity contribution in [2.75, 3.05) is 20.2 Å². The van der Waals surface area contributed by atoms with Crippen molar-refractivity contribution in [1.82, 2.24) is 10.2 Å². The van der Waals surface area contributed by atoms with Gasteiger partial charge in [-0.15, -0.1) is 0 Å². The second-order valence-electron chi connectivity index (χ2n) is 5.64. The van der Waals surface area contributed by atoms with E-state index < -0.39 is 11.9 Å². The maximum Gasteiger partial charge on any atom is 0.317 e. The number of hydrogen-bond donors (Lipinski definition) is 2. The topological polar surface area (TPSA) is 78.9 Å². The summed E-state index contributed by atoms with van der Waals surface area (Å²) < 4.78 is 5.21. The fourth-order valence-electron chi connectivity index (χ4n) is 2.70. The number of carbonyl (C=O) groups is 2. The van der Waals surface area contributed by atoms with Crippen LogP contribution in [0.1, 0.15) is 24.0 Å². The summed E-state index contributed by atoms with van der Waals surface area (Å²) in [4.78, 5) is 24.8. The molecule has 1 atom stereocenters. The van der Waals surface area contributed by atoms with Crippen molar-refractivity contribution in [2.24, 2.45) is 5.92 Å². The van der Waals surface area contributed by atoms with Crippen LogP contribution in [0.5, 0.6) is 5.75 Å². The lowest BCUT2D eigenvalue weighted by molar-refractivity contribution is -0.143. The molecule has 0 radical (unpaired) electrons. The zero-order valence-electron chi connectivity index (χ0n) is 13.0. The van der Waals surface area contributed by atoms with Crippen molar-refractivity contribution in [3.05, 3.63) is 29.3 Å².